The molecule has 1 unspecified atom stereocenters. The molecule has 0 aromatic carbocycles. The summed E-state index contributed by atoms with van der Waals surface area (Å²) < 4.78 is 5.51. The summed E-state index contributed by atoms with van der Waals surface area (Å²) in [5, 5.41) is 3.42. The highest BCUT2D eigenvalue weighted by atomic mass is 16.5. The van der Waals surface area contributed by atoms with Gasteiger partial charge in [0.2, 0.25) is 0 Å². The van der Waals surface area contributed by atoms with Crippen LogP contribution in [0.2, 0.25) is 0 Å². The minimum Gasteiger partial charge on any atom is -0.381 e. The van der Waals surface area contributed by atoms with Crippen molar-refractivity contribution in [2.75, 3.05) is 40.4 Å². The van der Waals surface area contributed by atoms with Gasteiger partial charge < -0.3 is 10.1 Å². The molecule has 3 heteroatoms. The summed E-state index contributed by atoms with van der Waals surface area (Å²) in [6.07, 6.45) is 6.60. The molecule has 2 rings (SSSR count). The van der Waals surface area contributed by atoms with Gasteiger partial charge in [-0.2, -0.15) is 0 Å². The van der Waals surface area contributed by atoms with Gasteiger partial charge in [0.1, 0.15) is 0 Å². The zero-order valence-electron chi connectivity index (χ0n) is 10.8. The average molecular weight is 226 g/mol. The Labute approximate surface area is 99.5 Å². The first-order valence-corrected chi connectivity index (χ1v) is 6.73. The molecule has 0 radical (unpaired) electrons. The largest absolute Gasteiger partial charge is 0.381 e. The van der Waals surface area contributed by atoms with Crippen LogP contribution < -0.4 is 5.32 Å². The fraction of sp³-hybridized carbons (Fsp3) is 1.00. The average Bonchev–Trinajstić information content (AvgIpc) is 2.34. The second-order valence-electron chi connectivity index (χ2n) is 5.40. The number of nitrogens with zero attached hydrogens (tertiary/aromatic N) is 1. The third-order valence-corrected chi connectivity index (χ3v) is 4.58. The Bertz CT molecular complexity index is 212. The quantitative estimate of drug-likeness (QED) is 0.789. The highest BCUT2D eigenvalue weighted by molar-refractivity contribution is 4.99. The molecule has 1 N–H and O–H groups in total. The van der Waals surface area contributed by atoms with E-state index in [0.717, 1.165) is 25.7 Å². The third-order valence-electron chi connectivity index (χ3n) is 4.58. The van der Waals surface area contributed by atoms with Crippen LogP contribution in [0.25, 0.3) is 0 Å². The van der Waals surface area contributed by atoms with Crippen LogP contribution in [0.3, 0.4) is 0 Å². The summed E-state index contributed by atoms with van der Waals surface area (Å²) in [6, 6.07) is 0. The van der Waals surface area contributed by atoms with Crippen LogP contribution in [0.5, 0.6) is 0 Å². The van der Waals surface area contributed by atoms with Crippen molar-refractivity contribution in [1.29, 1.82) is 0 Å². The van der Waals surface area contributed by atoms with E-state index in [1.54, 1.807) is 0 Å². The van der Waals surface area contributed by atoms with Gasteiger partial charge in [-0.15, -0.1) is 0 Å². The normalized spacial score (nSPS) is 34.1. The van der Waals surface area contributed by atoms with E-state index in [1.807, 2.05) is 0 Å². The van der Waals surface area contributed by atoms with Crippen molar-refractivity contribution < 1.29 is 4.74 Å². The van der Waals surface area contributed by atoms with Crippen molar-refractivity contribution >= 4 is 0 Å². The Balaban J connectivity index is 2.11. The van der Waals surface area contributed by atoms with Gasteiger partial charge in [0, 0.05) is 25.3 Å². The molecule has 0 aromatic rings. The molecular formula is C13H26N2O. The number of nitrogens with one attached hydrogen (secondary N) is 1. The lowest BCUT2D eigenvalue weighted by Crippen LogP contribution is -2.60. The molecule has 0 spiro atoms. The molecule has 94 valence electrons. The summed E-state index contributed by atoms with van der Waals surface area (Å²) in [5.41, 5.74) is 0.400. The van der Waals surface area contributed by atoms with Crippen LogP contribution in [0, 0.1) is 5.92 Å². The molecule has 2 heterocycles. The molecule has 0 bridgehead atoms. The van der Waals surface area contributed by atoms with E-state index in [-0.39, 0.29) is 0 Å². The van der Waals surface area contributed by atoms with Gasteiger partial charge in [0.25, 0.3) is 0 Å². The predicted octanol–water partition coefficient (Wildman–Crippen LogP) is 1.49. The summed E-state index contributed by atoms with van der Waals surface area (Å²) in [5.74, 6) is 0.819. The highest BCUT2D eigenvalue weighted by Gasteiger charge is 2.43. The van der Waals surface area contributed by atoms with Gasteiger partial charge >= 0.3 is 0 Å². The third kappa shape index (κ3) is 2.27. The van der Waals surface area contributed by atoms with Crippen LogP contribution in [0.4, 0.5) is 0 Å². The van der Waals surface area contributed by atoms with Crippen molar-refractivity contribution in [3.05, 3.63) is 0 Å². The van der Waals surface area contributed by atoms with Crippen LogP contribution in [-0.2, 0) is 4.74 Å². The summed E-state index contributed by atoms with van der Waals surface area (Å²) >= 11 is 0. The van der Waals surface area contributed by atoms with Gasteiger partial charge in [-0.1, -0.05) is 6.42 Å². The first-order valence-electron chi connectivity index (χ1n) is 6.73. The van der Waals surface area contributed by atoms with Crippen molar-refractivity contribution in [2.24, 2.45) is 5.92 Å². The number of likely N-dealkylation sites (tertiary alicyclic amines) is 1. The smallest absolute Gasteiger partial charge is 0.0469 e. The second kappa shape index (κ2) is 5.48. The summed E-state index contributed by atoms with van der Waals surface area (Å²) in [7, 11) is 4.40. The molecule has 2 saturated heterocycles. The van der Waals surface area contributed by atoms with Crippen LogP contribution in [-0.4, -0.2) is 50.8 Å². The van der Waals surface area contributed by atoms with Crippen LogP contribution in [0.1, 0.15) is 32.1 Å². The Morgan fingerprint density at radius 1 is 1.31 bits per heavy atom. The molecule has 0 aliphatic carbocycles. The summed E-state index contributed by atoms with van der Waals surface area (Å²) in [4.78, 5) is 2.61. The van der Waals surface area contributed by atoms with E-state index in [2.05, 4.69) is 24.3 Å². The van der Waals surface area contributed by atoms with E-state index in [0.29, 0.717) is 5.54 Å². The van der Waals surface area contributed by atoms with Gasteiger partial charge in [0.05, 0.1) is 0 Å². The first kappa shape index (κ1) is 12.3. The molecule has 1 atom stereocenters. The lowest BCUT2D eigenvalue weighted by molar-refractivity contribution is -0.0367. The van der Waals surface area contributed by atoms with E-state index in [1.165, 1.54) is 38.6 Å². The number of piperidine rings is 1. The molecule has 0 aromatic heterocycles. The standard InChI is InChI=1S/C13H26N2O/c1-14-11-13(7-3-4-8-15(13)2)12-5-9-16-10-6-12/h12,14H,3-11H2,1-2H3. The van der Waals surface area contributed by atoms with Crippen molar-refractivity contribution in [1.82, 2.24) is 10.2 Å². The second-order valence-corrected chi connectivity index (χ2v) is 5.40. The Morgan fingerprint density at radius 2 is 2.06 bits per heavy atom. The molecule has 2 aliphatic heterocycles. The van der Waals surface area contributed by atoms with E-state index in [9.17, 15) is 0 Å². The summed E-state index contributed by atoms with van der Waals surface area (Å²) in [6.45, 7) is 4.32. The number of rotatable bonds is 3. The monoisotopic (exact) mass is 226 g/mol. The minimum atomic E-state index is 0.400. The number of hydrogen-bond acceptors (Lipinski definition) is 3. The number of likely N-dealkylation sites (N-methyl/N-ethyl adjacent to an activating group) is 2. The maximum atomic E-state index is 5.51. The van der Waals surface area contributed by atoms with Crippen molar-refractivity contribution in [2.45, 2.75) is 37.6 Å². The van der Waals surface area contributed by atoms with Gasteiger partial charge in [-0.3, -0.25) is 4.90 Å². The Hall–Kier alpha value is -0.120. The van der Waals surface area contributed by atoms with Crippen molar-refractivity contribution in [3.8, 4) is 0 Å². The molecule has 0 saturated carbocycles. The number of ether oxygens (including phenoxy) is 1. The van der Waals surface area contributed by atoms with Crippen LogP contribution >= 0.6 is 0 Å². The van der Waals surface area contributed by atoms with E-state index < -0.39 is 0 Å². The molecule has 2 fully saturated rings. The first-order chi connectivity index (χ1) is 7.79. The molecular weight excluding hydrogens is 200 g/mol. The molecule has 0 amide bonds. The minimum absolute atomic E-state index is 0.400. The molecule has 2 aliphatic rings. The SMILES string of the molecule is CNCC1(C2CCOCC2)CCCCN1C. The Kier molecular flexibility index (Phi) is 4.22. The van der Waals surface area contributed by atoms with Gasteiger partial charge in [-0.05, 0) is 52.2 Å². The molecule has 16 heavy (non-hydrogen) atoms. The topological polar surface area (TPSA) is 24.5 Å². The van der Waals surface area contributed by atoms with Crippen molar-refractivity contribution in [3.63, 3.8) is 0 Å². The van der Waals surface area contributed by atoms with Gasteiger partial charge in [-0.25, -0.2) is 0 Å². The fourth-order valence-electron chi connectivity index (χ4n) is 3.62. The fourth-order valence-corrected chi connectivity index (χ4v) is 3.62. The lowest BCUT2D eigenvalue weighted by atomic mass is 9.72. The highest BCUT2D eigenvalue weighted by Crippen LogP contribution is 2.38. The number of hydrogen-bond donors (Lipinski definition) is 1. The lowest BCUT2D eigenvalue weighted by Gasteiger charge is -2.51. The maximum absolute atomic E-state index is 5.51. The predicted molar refractivity (Wildman–Crippen MR) is 66.7 cm³/mol. The van der Waals surface area contributed by atoms with E-state index >= 15 is 0 Å². The zero-order chi connectivity index (χ0) is 11.4. The van der Waals surface area contributed by atoms with Crippen LogP contribution in [0.15, 0.2) is 0 Å². The Morgan fingerprint density at radius 3 is 2.69 bits per heavy atom. The van der Waals surface area contributed by atoms with E-state index in [4.69, 9.17) is 4.74 Å². The maximum Gasteiger partial charge on any atom is 0.0469 e. The molecule has 3 nitrogen and oxygen atoms in total. The zero-order valence-corrected chi connectivity index (χ0v) is 10.8. The van der Waals surface area contributed by atoms with Gasteiger partial charge in [0.15, 0.2) is 0 Å².